The predicted molar refractivity (Wildman–Crippen MR) is 90.2 cm³/mol. The molecule has 1 amide bonds. The van der Waals surface area contributed by atoms with E-state index in [1.165, 1.54) is 44.2 Å². The first-order valence-electron chi connectivity index (χ1n) is 8.03. The van der Waals surface area contributed by atoms with Crippen LogP contribution in [0.5, 0.6) is 0 Å². The van der Waals surface area contributed by atoms with Gasteiger partial charge in [-0.05, 0) is 49.0 Å². The van der Waals surface area contributed by atoms with Gasteiger partial charge < -0.3 is 5.32 Å². The highest BCUT2D eigenvalue weighted by Gasteiger charge is 2.10. The third-order valence-corrected chi connectivity index (χ3v) is 5.06. The Morgan fingerprint density at radius 2 is 1.83 bits per heavy atom. The molecule has 1 aliphatic rings. The summed E-state index contributed by atoms with van der Waals surface area (Å²) in [4.78, 5) is 11.9. The maximum absolute atomic E-state index is 11.8. The monoisotopic (exact) mass is 336 g/mol. The Kier molecular flexibility index (Phi) is 6.36. The lowest BCUT2D eigenvalue weighted by molar-refractivity contribution is -0.116. The number of hydrogen-bond acceptors (Lipinski definition) is 3. The Morgan fingerprint density at radius 1 is 1.17 bits per heavy atom. The molecule has 0 saturated heterocycles. The second kappa shape index (κ2) is 8.26. The number of primary sulfonamides is 1. The average Bonchev–Trinajstić information content (AvgIpc) is 2.53. The number of carbonyl (C=O) groups is 1. The molecule has 1 saturated carbocycles. The second-order valence-corrected chi connectivity index (χ2v) is 7.55. The van der Waals surface area contributed by atoms with Crippen molar-refractivity contribution in [1.82, 2.24) is 5.32 Å². The molecule has 23 heavy (non-hydrogen) atoms. The standard InChI is InChI=1S/C17H24N2O3S/c18-23(21,22)16-9-6-15(7-10-16)12-13-19-17(20)11-8-14-4-2-1-3-5-14/h6-11,14H,1-5,12-13H2,(H,19,20)(H2,18,21,22)/b11-8-. The summed E-state index contributed by atoms with van der Waals surface area (Å²) in [5.41, 5.74) is 0.953. The smallest absolute Gasteiger partial charge is 0.243 e. The number of sulfonamides is 1. The summed E-state index contributed by atoms with van der Waals surface area (Å²) in [6.07, 6.45) is 10.5. The van der Waals surface area contributed by atoms with Crippen LogP contribution in [0.4, 0.5) is 0 Å². The minimum Gasteiger partial charge on any atom is -0.352 e. The Balaban J connectivity index is 1.73. The molecule has 0 radical (unpaired) electrons. The predicted octanol–water partition coefficient (Wildman–Crippen LogP) is 2.13. The number of hydrogen-bond donors (Lipinski definition) is 2. The van der Waals surface area contributed by atoms with E-state index in [0.29, 0.717) is 18.9 Å². The van der Waals surface area contributed by atoms with Gasteiger partial charge in [0.2, 0.25) is 15.9 Å². The van der Waals surface area contributed by atoms with Crippen LogP contribution in [0.25, 0.3) is 0 Å². The number of amides is 1. The van der Waals surface area contributed by atoms with Gasteiger partial charge >= 0.3 is 0 Å². The van der Waals surface area contributed by atoms with Crippen LogP contribution in [0, 0.1) is 5.92 Å². The Hall–Kier alpha value is -1.66. The van der Waals surface area contributed by atoms with E-state index in [2.05, 4.69) is 5.32 Å². The van der Waals surface area contributed by atoms with Crippen molar-refractivity contribution in [2.24, 2.45) is 11.1 Å². The molecule has 1 aliphatic carbocycles. The van der Waals surface area contributed by atoms with Gasteiger partial charge in [0.05, 0.1) is 4.90 Å². The van der Waals surface area contributed by atoms with Gasteiger partial charge in [0.15, 0.2) is 0 Å². The number of nitrogens with two attached hydrogens (primary N) is 1. The average molecular weight is 336 g/mol. The first-order valence-corrected chi connectivity index (χ1v) is 9.57. The van der Waals surface area contributed by atoms with Gasteiger partial charge in [-0.1, -0.05) is 37.5 Å². The van der Waals surface area contributed by atoms with Gasteiger partial charge in [-0.25, -0.2) is 13.6 Å². The minimum absolute atomic E-state index is 0.0725. The van der Waals surface area contributed by atoms with Crippen LogP contribution in [0.2, 0.25) is 0 Å². The van der Waals surface area contributed by atoms with Gasteiger partial charge in [0, 0.05) is 6.54 Å². The molecule has 5 nitrogen and oxygen atoms in total. The SMILES string of the molecule is NS(=O)(=O)c1ccc(CCNC(=O)/C=C\C2CCCCC2)cc1. The van der Waals surface area contributed by atoms with Crippen LogP contribution in [0.15, 0.2) is 41.3 Å². The lowest BCUT2D eigenvalue weighted by Crippen LogP contribution is -2.23. The fourth-order valence-corrected chi connectivity index (χ4v) is 3.30. The van der Waals surface area contributed by atoms with E-state index in [9.17, 15) is 13.2 Å². The molecule has 0 heterocycles. The van der Waals surface area contributed by atoms with Gasteiger partial charge in [-0.3, -0.25) is 4.79 Å². The van der Waals surface area contributed by atoms with E-state index >= 15 is 0 Å². The molecule has 0 aliphatic heterocycles. The van der Waals surface area contributed by atoms with Crippen LogP contribution in [0.3, 0.4) is 0 Å². The summed E-state index contributed by atoms with van der Waals surface area (Å²) in [7, 11) is -3.65. The zero-order chi connectivity index (χ0) is 16.7. The Bertz CT molecular complexity index is 645. The lowest BCUT2D eigenvalue weighted by atomic mass is 9.89. The summed E-state index contributed by atoms with van der Waals surface area (Å²) in [5.74, 6) is 0.469. The number of benzene rings is 1. The number of carbonyl (C=O) groups excluding carboxylic acids is 1. The topological polar surface area (TPSA) is 89.3 Å². The van der Waals surface area contributed by atoms with Crippen LogP contribution in [0.1, 0.15) is 37.7 Å². The molecule has 2 rings (SSSR count). The maximum Gasteiger partial charge on any atom is 0.243 e. The summed E-state index contributed by atoms with van der Waals surface area (Å²) in [5, 5.41) is 7.90. The van der Waals surface area contributed by atoms with Crippen LogP contribution in [-0.2, 0) is 21.2 Å². The van der Waals surface area contributed by atoms with E-state index in [4.69, 9.17) is 5.14 Å². The largest absolute Gasteiger partial charge is 0.352 e. The normalized spacial score (nSPS) is 16.6. The molecule has 6 heteroatoms. The molecular formula is C17H24N2O3S. The molecule has 0 unspecified atom stereocenters. The molecule has 0 bridgehead atoms. The fraction of sp³-hybridized carbons (Fsp3) is 0.471. The van der Waals surface area contributed by atoms with Crippen molar-refractivity contribution in [2.75, 3.05) is 6.54 Å². The zero-order valence-corrected chi connectivity index (χ0v) is 14.0. The van der Waals surface area contributed by atoms with Crippen molar-refractivity contribution in [3.8, 4) is 0 Å². The molecule has 0 spiro atoms. The third kappa shape index (κ3) is 6.15. The van der Waals surface area contributed by atoms with Gasteiger partial charge in [0.25, 0.3) is 0 Å². The van der Waals surface area contributed by atoms with Gasteiger partial charge in [-0.15, -0.1) is 0 Å². The number of allylic oxidation sites excluding steroid dienone is 1. The highest BCUT2D eigenvalue weighted by molar-refractivity contribution is 7.89. The van der Waals surface area contributed by atoms with Crippen molar-refractivity contribution >= 4 is 15.9 Å². The van der Waals surface area contributed by atoms with Crippen LogP contribution in [-0.4, -0.2) is 20.9 Å². The molecule has 126 valence electrons. The molecule has 0 aromatic heterocycles. The number of rotatable bonds is 6. The Morgan fingerprint density at radius 3 is 2.43 bits per heavy atom. The van der Waals surface area contributed by atoms with E-state index in [-0.39, 0.29) is 10.8 Å². The first kappa shape index (κ1) is 17.7. The quantitative estimate of drug-likeness (QED) is 0.780. The highest BCUT2D eigenvalue weighted by atomic mass is 32.2. The molecule has 3 N–H and O–H groups in total. The third-order valence-electron chi connectivity index (χ3n) is 4.13. The van der Waals surface area contributed by atoms with E-state index < -0.39 is 10.0 Å². The molecular weight excluding hydrogens is 312 g/mol. The maximum atomic E-state index is 11.8. The molecule has 1 aromatic rings. The zero-order valence-electron chi connectivity index (χ0n) is 13.2. The molecule has 1 fully saturated rings. The Labute approximate surface area is 138 Å². The summed E-state index contributed by atoms with van der Waals surface area (Å²) in [6, 6.07) is 6.39. The summed E-state index contributed by atoms with van der Waals surface area (Å²) in [6.45, 7) is 0.516. The molecule has 1 aromatic carbocycles. The van der Waals surface area contributed by atoms with E-state index in [1.807, 2.05) is 6.08 Å². The summed E-state index contributed by atoms with van der Waals surface area (Å²) >= 11 is 0. The minimum atomic E-state index is -3.65. The molecule has 0 atom stereocenters. The second-order valence-electron chi connectivity index (χ2n) is 5.99. The first-order chi connectivity index (χ1) is 10.9. The van der Waals surface area contributed by atoms with E-state index in [0.717, 1.165) is 5.56 Å². The van der Waals surface area contributed by atoms with Crippen molar-refractivity contribution < 1.29 is 13.2 Å². The number of nitrogens with one attached hydrogen (secondary N) is 1. The lowest BCUT2D eigenvalue weighted by Gasteiger charge is -2.17. The fourth-order valence-electron chi connectivity index (χ4n) is 2.78. The van der Waals surface area contributed by atoms with Crippen molar-refractivity contribution in [3.05, 3.63) is 42.0 Å². The van der Waals surface area contributed by atoms with Crippen molar-refractivity contribution in [2.45, 2.75) is 43.4 Å². The van der Waals surface area contributed by atoms with Gasteiger partial charge in [-0.2, -0.15) is 0 Å². The van der Waals surface area contributed by atoms with Crippen LogP contribution < -0.4 is 10.5 Å². The van der Waals surface area contributed by atoms with E-state index in [1.54, 1.807) is 18.2 Å². The highest BCUT2D eigenvalue weighted by Crippen LogP contribution is 2.24. The summed E-state index contributed by atoms with van der Waals surface area (Å²) < 4.78 is 22.3. The van der Waals surface area contributed by atoms with Crippen molar-refractivity contribution in [3.63, 3.8) is 0 Å². The van der Waals surface area contributed by atoms with Crippen molar-refractivity contribution in [1.29, 1.82) is 0 Å². The van der Waals surface area contributed by atoms with Crippen LogP contribution >= 0.6 is 0 Å². The van der Waals surface area contributed by atoms with Gasteiger partial charge in [0.1, 0.15) is 0 Å².